The van der Waals surface area contributed by atoms with Crippen LogP contribution in [0.1, 0.15) is 19.4 Å². The van der Waals surface area contributed by atoms with Crippen molar-refractivity contribution in [1.82, 2.24) is 0 Å². The molecule has 0 N–H and O–H groups in total. The van der Waals surface area contributed by atoms with Crippen LogP contribution in [0.5, 0.6) is 0 Å². The van der Waals surface area contributed by atoms with Gasteiger partial charge in [0.15, 0.2) is 0 Å². The van der Waals surface area contributed by atoms with Crippen LogP contribution in [0.15, 0.2) is 29.2 Å². The highest BCUT2D eigenvalue weighted by Crippen LogP contribution is 2.08. The molecule has 1 aromatic carbocycles. The maximum absolute atomic E-state index is 11.8. The van der Waals surface area contributed by atoms with Crippen molar-refractivity contribution in [3.05, 3.63) is 29.8 Å². The van der Waals surface area contributed by atoms with E-state index < -0.39 is 16.8 Å². The molecule has 1 unspecified atom stereocenters. The third kappa shape index (κ3) is 4.14. The Balaban J connectivity index is 2.59. The summed E-state index contributed by atoms with van der Waals surface area (Å²) < 4.78 is 16.7. The van der Waals surface area contributed by atoms with Gasteiger partial charge in [-0.2, -0.15) is 0 Å². The summed E-state index contributed by atoms with van der Waals surface area (Å²) in [6.07, 6.45) is -0.164. The lowest BCUT2D eigenvalue weighted by Crippen LogP contribution is -2.18. The van der Waals surface area contributed by atoms with Gasteiger partial charge in [-0.1, -0.05) is 17.7 Å². The van der Waals surface area contributed by atoms with Crippen molar-refractivity contribution in [2.45, 2.75) is 31.8 Å². The highest BCUT2D eigenvalue weighted by atomic mass is 32.2. The van der Waals surface area contributed by atoms with E-state index in [1.165, 1.54) is 0 Å². The van der Waals surface area contributed by atoms with Crippen LogP contribution >= 0.6 is 0 Å². The summed E-state index contributed by atoms with van der Waals surface area (Å²) in [4.78, 5) is 11.9. The Bertz CT molecular complexity index is 382. The maximum atomic E-state index is 11.8. The molecule has 0 saturated carbocycles. The van der Waals surface area contributed by atoms with Gasteiger partial charge in [-0.05, 0) is 32.9 Å². The normalized spacial score (nSPS) is 12.5. The lowest BCUT2D eigenvalue weighted by Gasteiger charge is -2.07. The molecule has 0 radical (unpaired) electrons. The van der Waals surface area contributed by atoms with E-state index in [4.69, 9.17) is 4.74 Å². The maximum Gasteiger partial charge on any atom is 0.319 e. The Morgan fingerprint density at radius 3 is 2.38 bits per heavy atom. The van der Waals surface area contributed by atoms with Gasteiger partial charge in [-0.25, -0.2) is 0 Å². The van der Waals surface area contributed by atoms with Gasteiger partial charge in [0.2, 0.25) is 0 Å². The van der Waals surface area contributed by atoms with Crippen LogP contribution < -0.4 is 0 Å². The van der Waals surface area contributed by atoms with E-state index in [0.717, 1.165) is 5.56 Å². The van der Waals surface area contributed by atoms with Gasteiger partial charge >= 0.3 is 5.97 Å². The molecule has 1 atom stereocenters. The number of benzene rings is 1. The number of carbonyl (C=O) groups is 1. The second-order valence-corrected chi connectivity index (χ2v) is 5.29. The minimum absolute atomic E-state index is 0.0821. The van der Waals surface area contributed by atoms with Gasteiger partial charge in [-0.3, -0.25) is 9.00 Å². The summed E-state index contributed by atoms with van der Waals surface area (Å²) in [7, 11) is -1.31. The predicted molar refractivity (Wildman–Crippen MR) is 63.7 cm³/mol. The molecule has 1 aromatic rings. The largest absolute Gasteiger partial charge is 0.462 e. The topological polar surface area (TPSA) is 43.4 Å². The zero-order chi connectivity index (χ0) is 12.1. The number of carbonyl (C=O) groups excluding carboxylic acids is 1. The summed E-state index contributed by atoms with van der Waals surface area (Å²) in [6.45, 7) is 5.50. The first-order valence-electron chi connectivity index (χ1n) is 5.13. The van der Waals surface area contributed by atoms with Crippen LogP contribution in [0.4, 0.5) is 0 Å². The molecule has 16 heavy (non-hydrogen) atoms. The van der Waals surface area contributed by atoms with E-state index in [9.17, 15) is 9.00 Å². The number of esters is 1. The van der Waals surface area contributed by atoms with Gasteiger partial charge in [-0.15, -0.1) is 0 Å². The highest BCUT2D eigenvalue weighted by molar-refractivity contribution is 7.85. The van der Waals surface area contributed by atoms with Crippen LogP contribution in [0.2, 0.25) is 0 Å². The van der Waals surface area contributed by atoms with Crippen molar-refractivity contribution in [3.63, 3.8) is 0 Å². The van der Waals surface area contributed by atoms with Crippen LogP contribution in [0.3, 0.4) is 0 Å². The van der Waals surface area contributed by atoms with E-state index in [-0.39, 0.29) is 11.9 Å². The molecular weight excluding hydrogens is 224 g/mol. The van der Waals surface area contributed by atoms with Crippen molar-refractivity contribution in [1.29, 1.82) is 0 Å². The summed E-state index contributed by atoms with van der Waals surface area (Å²) in [5, 5.41) is 0. The fraction of sp³-hybridized carbons (Fsp3) is 0.417. The molecule has 4 heteroatoms. The lowest BCUT2D eigenvalue weighted by atomic mass is 10.2. The summed E-state index contributed by atoms with van der Waals surface area (Å²) >= 11 is 0. The van der Waals surface area contributed by atoms with Gasteiger partial charge < -0.3 is 4.74 Å². The Morgan fingerprint density at radius 2 is 1.88 bits per heavy atom. The van der Waals surface area contributed by atoms with Crippen LogP contribution in [-0.4, -0.2) is 22.0 Å². The van der Waals surface area contributed by atoms with Crippen LogP contribution in [0.25, 0.3) is 0 Å². The molecule has 1 rings (SSSR count). The molecular formula is C12H16O3S. The minimum Gasteiger partial charge on any atom is -0.462 e. The molecule has 0 aliphatic rings. The highest BCUT2D eigenvalue weighted by Gasteiger charge is 2.12. The second kappa shape index (κ2) is 5.80. The number of aryl methyl sites for hydroxylation is 1. The summed E-state index contributed by atoms with van der Waals surface area (Å²) in [5.41, 5.74) is 1.10. The van der Waals surface area contributed by atoms with Crippen molar-refractivity contribution >= 4 is 16.8 Å². The molecule has 0 fully saturated rings. The SMILES string of the molecule is Cc1ccc(S(=O)CC(=O)OC(C)C)cc1. The Hall–Kier alpha value is -1.16. The Labute approximate surface area is 98.3 Å². The number of ether oxygens (including phenoxy) is 1. The van der Waals surface area contributed by atoms with Crippen LogP contribution in [0, 0.1) is 6.92 Å². The van der Waals surface area contributed by atoms with E-state index >= 15 is 0 Å². The molecule has 0 amide bonds. The molecule has 0 aliphatic heterocycles. The lowest BCUT2D eigenvalue weighted by molar-refractivity contribution is -0.144. The van der Waals surface area contributed by atoms with Gasteiger partial charge in [0.1, 0.15) is 5.75 Å². The molecule has 0 aromatic heterocycles. The molecule has 0 heterocycles. The predicted octanol–water partition coefficient (Wildman–Crippen LogP) is 2.05. The van der Waals surface area contributed by atoms with E-state index in [1.807, 2.05) is 19.1 Å². The average Bonchev–Trinajstić information content (AvgIpc) is 2.16. The average molecular weight is 240 g/mol. The third-order valence-corrected chi connectivity index (χ3v) is 3.20. The number of hydrogen-bond donors (Lipinski definition) is 0. The second-order valence-electron chi connectivity index (χ2n) is 3.84. The van der Waals surface area contributed by atoms with E-state index in [1.54, 1.807) is 26.0 Å². The molecule has 0 saturated heterocycles. The fourth-order valence-corrected chi connectivity index (χ4v) is 2.07. The zero-order valence-corrected chi connectivity index (χ0v) is 10.5. The smallest absolute Gasteiger partial charge is 0.319 e. The monoisotopic (exact) mass is 240 g/mol. The molecule has 0 bridgehead atoms. The van der Waals surface area contributed by atoms with Gasteiger partial charge in [0.05, 0.1) is 16.9 Å². The van der Waals surface area contributed by atoms with Crippen molar-refractivity contribution < 1.29 is 13.7 Å². The Kier molecular flexibility index (Phi) is 4.68. The zero-order valence-electron chi connectivity index (χ0n) is 9.73. The van der Waals surface area contributed by atoms with Crippen molar-refractivity contribution in [3.8, 4) is 0 Å². The van der Waals surface area contributed by atoms with Crippen molar-refractivity contribution in [2.24, 2.45) is 0 Å². The van der Waals surface area contributed by atoms with Gasteiger partial charge in [0, 0.05) is 4.90 Å². The summed E-state index contributed by atoms with van der Waals surface area (Å²) in [6, 6.07) is 7.30. The number of rotatable bonds is 4. The fourth-order valence-electron chi connectivity index (χ4n) is 1.18. The first-order chi connectivity index (χ1) is 7.49. The molecule has 0 aliphatic carbocycles. The first-order valence-corrected chi connectivity index (χ1v) is 6.45. The van der Waals surface area contributed by atoms with Crippen LogP contribution in [-0.2, 0) is 20.3 Å². The van der Waals surface area contributed by atoms with Gasteiger partial charge in [0.25, 0.3) is 0 Å². The Morgan fingerprint density at radius 1 is 1.31 bits per heavy atom. The first kappa shape index (κ1) is 12.9. The summed E-state index contributed by atoms with van der Waals surface area (Å²) in [5.74, 6) is -0.504. The van der Waals surface area contributed by atoms with Crippen molar-refractivity contribution in [2.75, 3.05) is 5.75 Å². The quantitative estimate of drug-likeness (QED) is 0.757. The standard InChI is InChI=1S/C12H16O3S/c1-9(2)15-12(13)8-16(14)11-6-4-10(3)5-7-11/h4-7,9H,8H2,1-3H3. The molecule has 0 spiro atoms. The van der Waals surface area contributed by atoms with E-state index in [2.05, 4.69) is 0 Å². The van der Waals surface area contributed by atoms with E-state index in [0.29, 0.717) is 4.90 Å². The molecule has 3 nitrogen and oxygen atoms in total. The number of hydrogen-bond acceptors (Lipinski definition) is 3. The minimum atomic E-state index is -1.31. The third-order valence-electron chi connectivity index (χ3n) is 1.90. The molecule has 88 valence electrons.